The lowest BCUT2D eigenvalue weighted by atomic mass is 9.79. The summed E-state index contributed by atoms with van der Waals surface area (Å²) in [5.41, 5.74) is 16.8. The van der Waals surface area contributed by atoms with Crippen LogP contribution < -0.4 is 9.47 Å². The van der Waals surface area contributed by atoms with Gasteiger partial charge in [-0.05, 0) is 145 Å². The molecule has 0 atom stereocenters. The van der Waals surface area contributed by atoms with Crippen LogP contribution in [0.4, 0.5) is 0 Å². The predicted molar refractivity (Wildman–Crippen MR) is 360 cm³/mol. The molecule has 4 heterocycles. The van der Waals surface area contributed by atoms with Gasteiger partial charge >= 0.3 is 0 Å². The lowest BCUT2D eigenvalue weighted by Crippen LogP contribution is -2.16. The van der Waals surface area contributed by atoms with Gasteiger partial charge in [0.05, 0.1) is 22.4 Å². The normalized spacial score (nSPS) is 14.5. The number of hydrogen-bond donors (Lipinski definition) is 4. The summed E-state index contributed by atoms with van der Waals surface area (Å²) in [7, 11) is 0. The van der Waals surface area contributed by atoms with Crippen molar-refractivity contribution in [2.45, 2.75) is 209 Å². The van der Waals surface area contributed by atoms with Crippen LogP contribution in [0.1, 0.15) is 236 Å². The number of phenolic OH excluding ortho intramolecular Hbond substituents is 4. The Bertz CT molecular complexity index is 3800. The lowest BCUT2D eigenvalue weighted by molar-refractivity contribution is 0.295. The van der Waals surface area contributed by atoms with Crippen LogP contribution >= 0.6 is 0 Å². The van der Waals surface area contributed by atoms with Gasteiger partial charge in [0.25, 0.3) is 0 Å². The van der Waals surface area contributed by atoms with Crippen molar-refractivity contribution in [3.05, 3.63) is 221 Å². The third-order valence-electron chi connectivity index (χ3n) is 18.4. The number of pyridine rings is 2. The van der Waals surface area contributed by atoms with E-state index in [2.05, 4.69) is 222 Å². The molecule has 4 N–H and O–H groups in total. The molecule has 0 radical (unpaired) electrons. The zero-order valence-corrected chi connectivity index (χ0v) is 55.5. The number of nitrogens with zero attached hydrogens (tertiary/aromatic N) is 2. The fraction of sp³-hybridized carbons (Fsp3) is 0.400. The average Bonchev–Trinajstić information content (AvgIpc) is 0.925. The maximum Gasteiger partial charge on any atom is 0.130 e. The summed E-state index contributed by atoms with van der Waals surface area (Å²) < 4.78 is 14.6. The molecule has 8 nitrogen and oxygen atoms in total. The molecule has 0 unspecified atom stereocenters. The van der Waals surface area contributed by atoms with E-state index in [0.717, 1.165) is 111 Å². The van der Waals surface area contributed by atoms with E-state index in [1.165, 1.54) is 0 Å². The minimum Gasteiger partial charge on any atom is -0.507 e. The zero-order valence-electron chi connectivity index (χ0n) is 55.5. The standard InChI is InChI=1S/C80H92N2O6/c1-75(2,3)59-31-47-25-48-32-60(76(4,5)6)36-52(70(48)84)28-57-41-64(80(16,17)18)42-58-30-54-38-62(78(10,11)12)34-50(72(54)86)26-49-33-61(77(7,8)9)37-53(71(49)85)29-56-40-63(79(13,14)15)39-55(27-51(35-59)69(47)83)73(56)87-43-65-23-21-45-19-20-46-22-24-66(44-88-74(57)58)82-68(46)67(45)81-65/h19-24,31-42,83-86H,25-30,43-44H2,1-18H3. The van der Waals surface area contributed by atoms with Gasteiger partial charge in [0.15, 0.2) is 0 Å². The van der Waals surface area contributed by atoms with E-state index >= 15 is 0 Å². The van der Waals surface area contributed by atoms with Crippen LogP contribution in [0.2, 0.25) is 0 Å². The van der Waals surface area contributed by atoms with Crippen molar-refractivity contribution in [2.24, 2.45) is 0 Å². The van der Waals surface area contributed by atoms with Crippen molar-refractivity contribution in [3.63, 3.8) is 0 Å². The van der Waals surface area contributed by atoms with Gasteiger partial charge in [0.2, 0.25) is 0 Å². The van der Waals surface area contributed by atoms with Crippen LogP contribution in [0.25, 0.3) is 21.8 Å². The molecule has 8 heteroatoms. The van der Waals surface area contributed by atoms with Gasteiger partial charge in [-0.2, -0.15) is 0 Å². The topological polar surface area (TPSA) is 125 Å². The van der Waals surface area contributed by atoms with E-state index in [1.807, 2.05) is 12.1 Å². The van der Waals surface area contributed by atoms with E-state index in [1.54, 1.807) is 0 Å². The SMILES string of the molecule is CC(C)(C)c1cc2c(O)c(c1)Cc1cc(C(C)(C)C)cc3c1OCc1ccc4ccc5ccc(nc5c4n1)COc1c(cc(C(C)(C)C)cc1Cc1cc(C(C)(C)C)cc(c1O)Cc1cc(C(C)(C)C)cc(c1O)C3)Cc1cc(C(C)(C)C)cc(c1O)C2. The monoisotopic (exact) mass is 1180 g/mol. The Kier molecular flexibility index (Phi) is 15.5. The third-order valence-corrected chi connectivity index (χ3v) is 18.4. The highest BCUT2D eigenvalue weighted by Gasteiger charge is 2.31. The fourth-order valence-corrected chi connectivity index (χ4v) is 12.7. The Morgan fingerprint density at radius 1 is 0.273 bits per heavy atom. The van der Waals surface area contributed by atoms with Crippen LogP contribution in [0, 0.1) is 0 Å². The minimum atomic E-state index is -0.319. The molecule has 2 aromatic heterocycles. The number of benzene rings is 7. The van der Waals surface area contributed by atoms with Crippen molar-refractivity contribution in [1.29, 1.82) is 0 Å². The molecule has 458 valence electrons. The van der Waals surface area contributed by atoms with Crippen LogP contribution in [-0.2, 0) is 84.2 Å². The highest BCUT2D eigenvalue weighted by molar-refractivity contribution is 6.02. The van der Waals surface area contributed by atoms with Gasteiger partial charge in [0.1, 0.15) is 47.7 Å². The summed E-state index contributed by atoms with van der Waals surface area (Å²) in [5.74, 6) is 1.99. The van der Waals surface area contributed by atoms with E-state index in [9.17, 15) is 20.4 Å². The van der Waals surface area contributed by atoms with Crippen molar-refractivity contribution in [1.82, 2.24) is 9.97 Å². The average molecular weight is 1180 g/mol. The third kappa shape index (κ3) is 12.5. The van der Waals surface area contributed by atoms with E-state index in [-0.39, 0.29) is 81.5 Å². The van der Waals surface area contributed by atoms with Gasteiger partial charge < -0.3 is 29.9 Å². The van der Waals surface area contributed by atoms with Gasteiger partial charge in [0, 0.05) is 49.3 Å². The Hall–Kier alpha value is -7.84. The number of aromatic hydroxyl groups is 4. The largest absolute Gasteiger partial charge is 0.507 e. The number of phenols is 4. The molecule has 14 bridgehead atoms. The predicted octanol–water partition coefficient (Wildman–Crippen LogP) is 18.7. The second kappa shape index (κ2) is 22.0. The maximum absolute atomic E-state index is 13.0. The van der Waals surface area contributed by atoms with Crippen LogP contribution in [0.15, 0.2) is 109 Å². The molecule has 0 aliphatic carbocycles. The molecule has 0 saturated heterocycles. The molecule has 88 heavy (non-hydrogen) atoms. The molecule has 9 aromatic rings. The first kappa shape index (κ1) is 61.8. The molecule has 0 fully saturated rings. The van der Waals surface area contributed by atoms with E-state index in [0.29, 0.717) is 59.4 Å². The van der Waals surface area contributed by atoms with Gasteiger partial charge in [-0.25, -0.2) is 9.97 Å². The number of rotatable bonds is 0. The highest BCUT2D eigenvalue weighted by atomic mass is 16.5. The first-order valence-electron chi connectivity index (χ1n) is 31.6. The number of hydrogen-bond acceptors (Lipinski definition) is 8. The first-order valence-corrected chi connectivity index (χ1v) is 31.6. The van der Waals surface area contributed by atoms with E-state index < -0.39 is 0 Å². The van der Waals surface area contributed by atoms with Crippen molar-refractivity contribution in [2.75, 3.05) is 0 Å². The quantitative estimate of drug-likeness (QED) is 0.111. The Morgan fingerprint density at radius 3 is 0.659 bits per heavy atom. The van der Waals surface area contributed by atoms with Gasteiger partial charge in [-0.15, -0.1) is 0 Å². The fourth-order valence-electron chi connectivity index (χ4n) is 12.7. The van der Waals surface area contributed by atoms with E-state index in [4.69, 9.17) is 19.4 Å². The number of ether oxygens (including phenoxy) is 2. The molecule has 2 aliphatic heterocycles. The lowest BCUT2D eigenvalue weighted by Gasteiger charge is -2.28. The molecular formula is C80H92N2O6. The maximum atomic E-state index is 13.0. The summed E-state index contributed by atoms with van der Waals surface area (Å²) in [6.45, 7) is 40.0. The second-order valence-electron chi connectivity index (χ2n) is 31.8. The van der Waals surface area contributed by atoms with Crippen molar-refractivity contribution < 1.29 is 29.9 Å². The Morgan fingerprint density at radius 2 is 0.455 bits per heavy atom. The first-order chi connectivity index (χ1) is 41.0. The Labute approximate surface area is 523 Å². The summed E-state index contributed by atoms with van der Waals surface area (Å²) >= 11 is 0. The van der Waals surface area contributed by atoms with Crippen LogP contribution in [0.3, 0.4) is 0 Å². The summed E-state index contributed by atoms with van der Waals surface area (Å²) in [6.07, 6.45) is 1.79. The Balaban J connectivity index is 1.30. The zero-order chi connectivity index (χ0) is 63.5. The summed E-state index contributed by atoms with van der Waals surface area (Å²) in [6, 6.07) is 38.4. The van der Waals surface area contributed by atoms with Crippen molar-refractivity contribution in [3.8, 4) is 34.5 Å². The van der Waals surface area contributed by atoms with Crippen LogP contribution in [0.5, 0.6) is 34.5 Å². The number of aromatic nitrogens is 2. The number of fused-ring (bicyclic) bond motifs is 10. The minimum absolute atomic E-state index is 0.121. The molecule has 0 amide bonds. The molecule has 11 rings (SSSR count). The molecule has 2 aliphatic rings. The van der Waals surface area contributed by atoms with Crippen molar-refractivity contribution >= 4 is 21.8 Å². The summed E-state index contributed by atoms with van der Waals surface area (Å²) in [5, 5.41) is 54.1. The highest BCUT2D eigenvalue weighted by Crippen LogP contribution is 2.46. The van der Waals surface area contributed by atoms with Gasteiger partial charge in [-0.3, -0.25) is 0 Å². The molecular weight excluding hydrogens is 1080 g/mol. The molecule has 0 spiro atoms. The second-order valence-corrected chi connectivity index (χ2v) is 31.8. The van der Waals surface area contributed by atoms with Crippen LogP contribution in [-0.4, -0.2) is 30.4 Å². The van der Waals surface area contributed by atoms with Gasteiger partial charge in [-0.1, -0.05) is 222 Å². The summed E-state index contributed by atoms with van der Waals surface area (Å²) in [4.78, 5) is 10.7. The molecule has 7 aromatic carbocycles. The molecule has 0 saturated carbocycles. The smallest absolute Gasteiger partial charge is 0.130 e.